The van der Waals surface area contributed by atoms with E-state index in [9.17, 15) is 13.2 Å². The summed E-state index contributed by atoms with van der Waals surface area (Å²) in [5.74, 6) is 0.891. The molecule has 0 atom stereocenters. The fourth-order valence-electron chi connectivity index (χ4n) is 3.60. The number of nitrogens with one attached hydrogen (secondary N) is 1. The highest BCUT2D eigenvalue weighted by Gasteiger charge is 2.47. The number of amides is 1. The summed E-state index contributed by atoms with van der Waals surface area (Å²) in [6.45, 7) is 3.60. The van der Waals surface area contributed by atoms with Gasteiger partial charge in [-0.05, 0) is 54.7 Å². The number of rotatable bonds is 7. The van der Waals surface area contributed by atoms with Gasteiger partial charge in [0, 0.05) is 25.0 Å². The molecule has 4 rings (SSSR count). The molecule has 1 fully saturated rings. The highest BCUT2D eigenvalue weighted by atomic mass is 32.2. The van der Waals surface area contributed by atoms with Crippen molar-refractivity contribution in [2.45, 2.75) is 37.6 Å². The minimum atomic E-state index is -3.64. The Hall–Kier alpha value is -2.38. The maximum atomic E-state index is 12.7. The van der Waals surface area contributed by atoms with Gasteiger partial charge in [0.05, 0.1) is 4.90 Å². The lowest BCUT2D eigenvalue weighted by molar-refractivity contribution is -0.137. The number of nitrogens with zero attached hydrogens (tertiary/aromatic N) is 1. The van der Waals surface area contributed by atoms with Gasteiger partial charge in [-0.15, -0.1) is 0 Å². The molecule has 0 unspecified atom stereocenters. The van der Waals surface area contributed by atoms with Crippen molar-refractivity contribution in [3.63, 3.8) is 0 Å². The van der Waals surface area contributed by atoms with Crippen molar-refractivity contribution < 1.29 is 17.9 Å². The van der Waals surface area contributed by atoms with E-state index in [2.05, 4.69) is 4.72 Å². The van der Waals surface area contributed by atoms with E-state index in [1.165, 1.54) is 0 Å². The molecule has 1 saturated carbocycles. The smallest absolute Gasteiger partial charge is 0.240 e. The lowest BCUT2D eigenvalue weighted by Crippen LogP contribution is -2.40. The van der Waals surface area contributed by atoms with Crippen LogP contribution in [0.2, 0.25) is 0 Å². The van der Waals surface area contributed by atoms with Gasteiger partial charge in [0.15, 0.2) is 0 Å². The van der Waals surface area contributed by atoms with Crippen molar-refractivity contribution in [2.24, 2.45) is 5.41 Å². The summed E-state index contributed by atoms with van der Waals surface area (Å²) in [6, 6.07) is 14.5. The first-order valence-corrected chi connectivity index (χ1v) is 11.4. The van der Waals surface area contributed by atoms with Gasteiger partial charge in [-0.3, -0.25) is 4.79 Å². The molecule has 1 heterocycles. The van der Waals surface area contributed by atoms with Crippen LogP contribution in [0.4, 0.5) is 0 Å². The summed E-state index contributed by atoms with van der Waals surface area (Å²) in [7, 11) is -3.64. The Bertz CT molecular complexity index is 1000. The summed E-state index contributed by atoms with van der Waals surface area (Å²) in [6.07, 6.45) is 2.65. The molecule has 7 heteroatoms. The van der Waals surface area contributed by atoms with E-state index in [1.54, 1.807) is 12.1 Å². The zero-order valence-electron chi connectivity index (χ0n) is 16.6. The van der Waals surface area contributed by atoms with Gasteiger partial charge in [0.2, 0.25) is 15.9 Å². The van der Waals surface area contributed by atoms with Crippen LogP contribution in [0.1, 0.15) is 30.9 Å². The molecular formula is C22H26N2O4S. The third kappa shape index (κ3) is 4.46. The number of para-hydroxylation sites is 1. The summed E-state index contributed by atoms with van der Waals surface area (Å²) in [4.78, 5) is 14.7. The second kappa shape index (κ2) is 7.80. The number of carbonyl (C=O) groups excluding carboxylic acids is 1. The summed E-state index contributed by atoms with van der Waals surface area (Å²) < 4.78 is 33.5. The minimum Gasteiger partial charge on any atom is -0.492 e. The van der Waals surface area contributed by atoms with Gasteiger partial charge in [0.25, 0.3) is 0 Å². The van der Waals surface area contributed by atoms with Crippen LogP contribution in [0.3, 0.4) is 0 Å². The van der Waals surface area contributed by atoms with Crippen LogP contribution >= 0.6 is 0 Å². The van der Waals surface area contributed by atoms with Crippen LogP contribution in [0, 0.1) is 5.41 Å². The molecule has 6 nitrogen and oxygen atoms in total. The molecule has 2 aromatic carbocycles. The highest BCUT2D eigenvalue weighted by molar-refractivity contribution is 7.89. The van der Waals surface area contributed by atoms with Crippen molar-refractivity contribution >= 4 is 15.9 Å². The second-order valence-corrected chi connectivity index (χ2v) is 9.79. The molecule has 1 aliphatic carbocycles. The van der Waals surface area contributed by atoms with E-state index in [1.807, 2.05) is 48.2 Å². The van der Waals surface area contributed by atoms with Gasteiger partial charge < -0.3 is 9.64 Å². The maximum absolute atomic E-state index is 12.7. The largest absolute Gasteiger partial charge is 0.492 e. The average molecular weight is 415 g/mol. The molecule has 0 bridgehead atoms. The number of hydrogen-bond acceptors (Lipinski definition) is 4. The van der Waals surface area contributed by atoms with Gasteiger partial charge in [-0.2, -0.15) is 0 Å². The number of hydrogen-bond donors (Lipinski definition) is 1. The van der Waals surface area contributed by atoms with Crippen LogP contribution in [0.5, 0.6) is 5.75 Å². The van der Waals surface area contributed by atoms with E-state index in [-0.39, 0.29) is 29.4 Å². The summed E-state index contributed by atoms with van der Waals surface area (Å²) in [5.41, 5.74) is 1.82. The first kappa shape index (κ1) is 19.9. The predicted octanol–water partition coefficient (Wildman–Crippen LogP) is 2.73. The van der Waals surface area contributed by atoms with E-state index in [0.29, 0.717) is 18.8 Å². The number of sulfonamides is 1. The molecule has 0 aromatic heterocycles. The maximum Gasteiger partial charge on any atom is 0.240 e. The summed E-state index contributed by atoms with van der Waals surface area (Å²) in [5, 5.41) is 0. The predicted molar refractivity (Wildman–Crippen MR) is 110 cm³/mol. The number of benzene rings is 2. The van der Waals surface area contributed by atoms with Crippen molar-refractivity contribution in [3.8, 4) is 5.75 Å². The molecule has 1 N–H and O–H groups in total. The molecule has 0 spiro atoms. The first-order valence-electron chi connectivity index (χ1n) is 9.96. The van der Waals surface area contributed by atoms with E-state index >= 15 is 0 Å². The van der Waals surface area contributed by atoms with Crippen LogP contribution in [-0.2, 0) is 27.8 Å². The number of fused-ring (bicyclic) bond motifs is 1. The van der Waals surface area contributed by atoms with Crippen LogP contribution in [-0.4, -0.2) is 38.9 Å². The number of carbonyl (C=O) groups is 1. The van der Waals surface area contributed by atoms with Gasteiger partial charge >= 0.3 is 0 Å². The Balaban J connectivity index is 1.39. The fraction of sp³-hybridized carbons (Fsp3) is 0.409. The molecule has 0 saturated heterocycles. The highest BCUT2D eigenvalue weighted by Crippen LogP contribution is 2.47. The summed E-state index contributed by atoms with van der Waals surface area (Å²) >= 11 is 0. The SMILES string of the molecule is CC1(C(=O)N2CCc3ccc(S(=O)(=O)NCCOc4ccccc4)cc3C2)CC1. The first-order chi connectivity index (χ1) is 13.9. The van der Waals surface area contributed by atoms with Gasteiger partial charge in [-0.1, -0.05) is 31.2 Å². The van der Waals surface area contributed by atoms with Crippen LogP contribution in [0.15, 0.2) is 53.4 Å². The Kier molecular flexibility index (Phi) is 5.36. The average Bonchev–Trinajstić information content (AvgIpc) is 3.49. The zero-order chi connectivity index (χ0) is 20.5. The molecule has 2 aliphatic rings. The number of ether oxygens (including phenoxy) is 1. The molecule has 154 valence electrons. The van der Waals surface area contributed by atoms with Crippen LogP contribution < -0.4 is 9.46 Å². The lowest BCUT2D eigenvalue weighted by Gasteiger charge is -2.31. The van der Waals surface area contributed by atoms with E-state index in [4.69, 9.17) is 4.74 Å². The quantitative estimate of drug-likeness (QED) is 0.707. The second-order valence-electron chi connectivity index (χ2n) is 8.03. The fourth-order valence-corrected chi connectivity index (χ4v) is 4.67. The topological polar surface area (TPSA) is 75.7 Å². The molecule has 2 aromatic rings. The van der Waals surface area contributed by atoms with Crippen LogP contribution in [0.25, 0.3) is 0 Å². The zero-order valence-corrected chi connectivity index (χ0v) is 17.4. The normalized spacial score (nSPS) is 17.5. The third-order valence-corrected chi connectivity index (χ3v) is 7.17. The van der Waals surface area contributed by atoms with Gasteiger partial charge in [-0.25, -0.2) is 13.1 Å². The molecular weight excluding hydrogens is 388 g/mol. The monoisotopic (exact) mass is 414 g/mol. The van der Waals surface area contributed by atoms with E-state index < -0.39 is 10.0 Å². The lowest BCUT2D eigenvalue weighted by atomic mass is 9.98. The van der Waals surface area contributed by atoms with E-state index in [0.717, 1.165) is 30.4 Å². The Morgan fingerprint density at radius 1 is 1.14 bits per heavy atom. The Morgan fingerprint density at radius 3 is 2.62 bits per heavy atom. The molecule has 1 amide bonds. The van der Waals surface area contributed by atoms with Gasteiger partial charge in [0.1, 0.15) is 12.4 Å². The van der Waals surface area contributed by atoms with Crippen molar-refractivity contribution in [1.82, 2.24) is 9.62 Å². The Morgan fingerprint density at radius 2 is 1.90 bits per heavy atom. The minimum absolute atomic E-state index is 0.178. The molecule has 1 aliphatic heterocycles. The van der Waals surface area contributed by atoms with Crippen molar-refractivity contribution in [1.29, 1.82) is 0 Å². The molecule has 0 radical (unpaired) electrons. The third-order valence-electron chi connectivity index (χ3n) is 5.71. The Labute approximate surface area is 171 Å². The van der Waals surface area contributed by atoms with Crippen molar-refractivity contribution in [3.05, 3.63) is 59.7 Å². The standard InChI is InChI=1S/C22H26N2O4S/c1-22(10-11-22)21(25)24-13-9-17-7-8-20(15-18(17)16-24)29(26,27)23-12-14-28-19-5-3-2-4-6-19/h2-8,15,23H,9-14,16H2,1H3. The molecule has 29 heavy (non-hydrogen) atoms. The van der Waals surface area contributed by atoms with Crippen molar-refractivity contribution in [2.75, 3.05) is 19.7 Å².